The summed E-state index contributed by atoms with van der Waals surface area (Å²) in [6.07, 6.45) is 0.244. The molecule has 1 amide bonds. The van der Waals surface area contributed by atoms with Crippen molar-refractivity contribution in [2.45, 2.75) is 12.3 Å². The second kappa shape index (κ2) is 13.2. The van der Waals surface area contributed by atoms with Gasteiger partial charge in [0.2, 0.25) is 5.91 Å². The van der Waals surface area contributed by atoms with Crippen LogP contribution < -0.4 is 0 Å². The molecule has 0 aliphatic rings. The SMILES string of the molecule is C[N+](C)([O-])CCN(CC[N+](C)(C)[O-])C(=O)CC(c1ccc(-c2ccccc2)cc1)c1ccc(-c2ccccc2)cc1. The first-order valence-corrected chi connectivity index (χ1v) is 14.1. The predicted molar refractivity (Wildman–Crippen MR) is 167 cm³/mol. The van der Waals surface area contributed by atoms with E-state index in [-0.39, 0.29) is 31.3 Å². The van der Waals surface area contributed by atoms with E-state index >= 15 is 0 Å². The third kappa shape index (κ3) is 9.10. The number of carbonyl (C=O) groups excluding carboxylic acids is 1. The molecule has 0 aliphatic heterocycles. The molecule has 0 aliphatic carbocycles. The highest BCUT2D eigenvalue weighted by Crippen LogP contribution is 2.32. The number of hydrogen-bond acceptors (Lipinski definition) is 3. The Morgan fingerprint density at radius 1 is 0.585 bits per heavy atom. The van der Waals surface area contributed by atoms with Gasteiger partial charge < -0.3 is 24.6 Å². The monoisotopic (exact) mass is 551 g/mol. The standard InChI is InChI=1S/C35H41N3O3/c1-37(2,40)25-23-36(24-26-38(3,4)41)35(39)27-34(32-19-15-30(16-20-32)28-11-7-5-8-12-28)33-21-17-31(18-22-33)29-13-9-6-10-14-29/h5-22,34H,23-27H2,1-4H3. The van der Waals surface area contributed by atoms with Crippen LogP contribution in [0.1, 0.15) is 23.5 Å². The third-order valence-corrected chi connectivity index (χ3v) is 7.39. The van der Waals surface area contributed by atoms with Crippen LogP contribution in [0.5, 0.6) is 0 Å². The first-order valence-electron chi connectivity index (χ1n) is 14.1. The molecule has 6 heteroatoms. The highest BCUT2D eigenvalue weighted by Gasteiger charge is 2.24. The van der Waals surface area contributed by atoms with Gasteiger partial charge in [-0.1, -0.05) is 109 Å². The van der Waals surface area contributed by atoms with Gasteiger partial charge in [-0.15, -0.1) is 0 Å². The molecule has 0 heterocycles. The van der Waals surface area contributed by atoms with E-state index in [0.29, 0.717) is 13.1 Å². The highest BCUT2D eigenvalue weighted by atomic mass is 16.5. The minimum Gasteiger partial charge on any atom is -0.633 e. The third-order valence-electron chi connectivity index (χ3n) is 7.39. The first kappa shape index (κ1) is 30.2. The maximum atomic E-state index is 13.8. The molecule has 4 aromatic rings. The number of hydrogen-bond donors (Lipinski definition) is 0. The van der Waals surface area contributed by atoms with Crippen molar-refractivity contribution in [1.82, 2.24) is 4.90 Å². The number of quaternary nitrogens is 2. The molecule has 0 spiro atoms. The van der Waals surface area contributed by atoms with E-state index in [0.717, 1.165) is 33.4 Å². The second-order valence-corrected chi connectivity index (χ2v) is 11.7. The van der Waals surface area contributed by atoms with Crippen molar-refractivity contribution in [3.63, 3.8) is 0 Å². The lowest BCUT2D eigenvalue weighted by molar-refractivity contribution is -0.842. The molecule has 0 unspecified atom stereocenters. The van der Waals surface area contributed by atoms with Gasteiger partial charge in [0.25, 0.3) is 0 Å². The fourth-order valence-corrected chi connectivity index (χ4v) is 4.89. The van der Waals surface area contributed by atoms with Gasteiger partial charge in [0.1, 0.15) is 0 Å². The van der Waals surface area contributed by atoms with Crippen molar-refractivity contribution in [3.05, 3.63) is 131 Å². The zero-order chi connectivity index (χ0) is 29.5. The zero-order valence-electron chi connectivity index (χ0n) is 24.6. The second-order valence-electron chi connectivity index (χ2n) is 11.7. The molecule has 0 aromatic heterocycles. The van der Waals surface area contributed by atoms with Crippen LogP contribution in [-0.4, -0.2) is 74.5 Å². The van der Waals surface area contributed by atoms with Gasteiger partial charge in [-0.25, -0.2) is 0 Å². The largest absolute Gasteiger partial charge is 0.633 e. The lowest BCUT2D eigenvalue weighted by atomic mass is 9.86. The lowest BCUT2D eigenvalue weighted by Crippen LogP contribution is -2.47. The van der Waals surface area contributed by atoms with Crippen LogP contribution in [0.4, 0.5) is 0 Å². The van der Waals surface area contributed by atoms with Crippen molar-refractivity contribution >= 4 is 5.91 Å². The van der Waals surface area contributed by atoms with Crippen LogP contribution in [0.2, 0.25) is 0 Å². The molecule has 0 fully saturated rings. The Labute approximate surface area is 244 Å². The predicted octanol–water partition coefficient (Wildman–Crippen LogP) is 6.52. The van der Waals surface area contributed by atoms with Gasteiger partial charge in [0.05, 0.1) is 54.4 Å². The van der Waals surface area contributed by atoms with Crippen molar-refractivity contribution in [2.24, 2.45) is 0 Å². The molecule has 0 bridgehead atoms. The summed E-state index contributed by atoms with van der Waals surface area (Å²) in [7, 11) is 6.28. The van der Waals surface area contributed by atoms with Gasteiger partial charge in [-0.3, -0.25) is 4.79 Å². The van der Waals surface area contributed by atoms with Crippen LogP contribution in [0.15, 0.2) is 109 Å². The fraction of sp³-hybridized carbons (Fsp3) is 0.286. The van der Waals surface area contributed by atoms with Crippen LogP contribution >= 0.6 is 0 Å². The van der Waals surface area contributed by atoms with Crippen LogP contribution in [0, 0.1) is 10.4 Å². The minimum atomic E-state index is -0.495. The van der Waals surface area contributed by atoms with Gasteiger partial charge >= 0.3 is 0 Å². The summed E-state index contributed by atoms with van der Waals surface area (Å²) in [5.74, 6) is -0.236. The van der Waals surface area contributed by atoms with E-state index in [4.69, 9.17) is 0 Å². The number of hydroxylamine groups is 6. The molecular weight excluding hydrogens is 510 g/mol. The molecule has 41 heavy (non-hydrogen) atoms. The van der Waals surface area contributed by atoms with Gasteiger partial charge in [-0.2, -0.15) is 0 Å². The first-order chi connectivity index (χ1) is 19.5. The topological polar surface area (TPSA) is 66.4 Å². The molecule has 0 saturated carbocycles. The Bertz CT molecular complexity index is 1270. The minimum absolute atomic E-state index is 0.0591. The molecule has 0 saturated heterocycles. The number of likely N-dealkylation sites (N-methyl/N-ethyl adjacent to an activating group) is 2. The molecule has 6 nitrogen and oxygen atoms in total. The summed E-state index contributed by atoms with van der Waals surface area (Å²) in [5.41, 5.74) is 6.61. The normalized spacial score (nSPS) is 12.0. The van der Waals surface area contributed by atoms with Crippen molar-refractivity contribution in [2.75, 3.05) is 54.4 Å². The molecule has 214 valence electrons. The number of nitrogens with zero attached hydrogens (tertiary/aromatic N) is 3. The van der Waals surface area contributed by atoms with E-state index in [2.05, 4.69) is 72.8 Å². The summed E-state index contributed by atoms with van der Waals surface area (Å²) < 4.78 is -0.991. The van der Waals surface area contributed by atoms with E-state index in [1.165, 1.54) is 0 Å². The van der Waals surface area contributed by atoms with Gasteiger partial charge in [0.15, 0.2) is 0 Å². The van der Waals surface area contributed by atoms with E-state index < -0.39 is 9.29 Å². The Balaban J connectivity index is 1.64. The fourth-order valence-electron chi connectivity index (χ4n) is 4.89. The smallest absolute Gasteiger partial charge is 0.223 e. The summed E-state index contributed by atoms with van der Waals surface area (Å²) >= 11 is 0. The van der Waals surface area contributed by atoms with Crippen molar-refractivity contribution in [3.8, 4) is 22.3 Å². The van der Waals surface area contributed by atoms with Gasteiger partial charge in [-0.05, 0) is 33.4 Å². The quantitative estimate of drug-likeness (QED) is 0.149. The summed E-state index contributed by atoms with van der Waals surface area (Å²) in [5, 5.41) is 24.7. The van der Waals surface area contributed by atoms with E-state index in [9.17, 15) is 15.2 Å². The summed E-state index contributed by atoms with van der Waals surface area (Å²) in [4.78, 5) is 15.5. The molecule has 0 atom stereocenters. The Kier molecular flexibility index (Phi) is 9.73. The Morgan fingerprint density at radius 3 is 1.27 bits per heavy atom. The molecule has 0 N–H and O–H groups in total. The van der Waals surface area contributed by atoms with Crippen molar-refractivity contribution < 1.29 is 14.1 Å². The molecule has 4 rings (SSSR count). The molecule has 0 radical (unpaired) electrons. The van der Waals surface area contributed by atoms with E-state index in [1.807, 2.05) is 36.4 Å². The van der Waals surface area contributed by atoms with Crippen LogP contribution in [-0.2, 0) is 4.79 Å². The lowest BCUT2D eigenvalue weighted by Gasteiger charge is -2.38. The number of benzene rings is 4. The number of carbonyl (C=O) groups is 1. The Hall–Kier alpha value is -3.81. The van der Waals surface area contributed by atoms with Crippen LogP contribution in [0.25, 0.3) is 22.3 Å². The summed E-state index contributed by atoms with van der Waals surface area (Å²) in [6, 6.07) is 37.3. The van der Waals surface area contributed by atoms with Gasteiger partial charge in [0, 0.05) is 12.3 Å². The number of rotatable bonds is 12. The summed E-state index contributed by atoms with van der Waals surface area (Å²) in [6.45, 7) is 1.14. The average Bonchev–Trinajstić information content (AvgIpc) is 2.96. The maximum Gasteiger partial charge on any atom is 0.223 e. The van der Waals surface area contributed by atoms with Crippen molar-refractivity contribution in [1.29, 1.82) is 0 Å². The Morgan fingerprint density at radius 2 is 0.927 bits per heavy atom. The number of amides is 1. The molecular formula is C35H41N3O3. The van der Waals surface area contributed by atoms with Crippen LogP contribution in [0.3, 0.4) is 0 Å². The molecule has 4 aromatic carbocycles. The average molecular weight is 552 g/mol. The zero-order valence-corrected chi connectivity index (χ0v) is 24.6. The van der Waals surface area contributed by atoms with E-state index in [1.54, 1.807) is 33.1 Å². The highest BCUT2D eigenvalue weighted by molar-refractivity contribution is 5.78. The maximum absolute atomic E-state index is 13.8.